The third-order valence-electron chi connectivity index (χ3n) is 3.50. The minimum Gasteiger partial charge on any atom is -0.492 e. The van der Waals surface area contributed by atoms with Crippen LogP contribution < -0.4 is 10.5 Å². The summed E-state index contributed by atoms with van der Waals surface area (Å²) >= 11 is 6.09. The lowest BCUT2D eigenvalue weighted by Gasteiger charge is -2.17. The molecule has 0 aromatic heterocycles. The molecule has 0 saturated carbocycles. The minimum absolute atomic E-state index is 0.260. The summed E-state index contributed by atoms with van der Waals surface area (Å²) in [5.41, 5.74) is 6.28. The van der Waals surface area contributed by atoms with E-state index in [-0.39, 0.29) is 5.82 Å². The molecule has 1 saturated heterocycles. The molecular formula is C14H20ClFN2O. The standard InChI is InChI=1S/C14H20ClFN2O/c1-2-19-14-6-13(16)11(5-12(14)15)9-18-4-3-10(7-17)8-18/h5-6,10H,2-4,7-9,17H2,1H3/t10-/m0/s1. The number of ether oxygens (including phenoxy) is 1. The molecular weight excluding hydrogens is 267 g/mol. The molecule has 0 aliphatic carbocycles. The summed E-state index contributed by atoms with van der Waals surface area (Å²) in [6.45, 7) is 5.49. The van der Waals surface area contributed by atoms with Crippen molar-refractivity contribution in [2.75, 3.05) is 26.2 Å². The first-order valence-corrected chi connectivity index (χ1v) is 7.05. The quantitative estimate of drug-likeness (QED) is 0.904. The van der Waals surface area contributed by atoms with Gasteiger partial charge in [0.1, 0.15) is 11.6 Å². The van der Waals surface area contributed by atoms with Crippen molar-refractivity contribution in [3.05, 3.63) is 28.5 Å². The summed E-state index contributed by atoms with van der Waals surface area (Å²) < 4.78 is 19.3. The summed E-state index contributed by atoms with van der Waals surface area (Å²) in [7, 11) is 0. The molecule has 0 unspecified atom stereocenters. The van der Waals surface area contributed by atoms with Gasteiger partial charge in [0.25, 0.3) is 0 Å². The molecule has 1 atom stereocenters. The highest BCUT2D eigenvalue weighted by atomic mass is 35.5. The first-order chi connectivity index (χ1) is 9.13. The molecule has 19 heavy (non-hydrogen) atoms. The summed E-state index contributed by atoms with van der Waals surface area (Å²) in [6.07, 6.45) is 1.09. The van der Waals surface area contributed by atoms with Crippen molar-refractivity contribution in [2.24, 2.45) is 11.7 Å². The van der Waals surface area contributed by atoms with Gasteiger partial charge in [-0.2, -0.15) is 0 Å². The van der Waals surface area contributed by atoms with Gasteiger partial charge >= 0.3 is 0 Å². The van der Waals surface area contributed by atoms with Gasteiger partial charge in [-0.3, -0.25) is 4.90 Å². The normalized spacial score (nSPS) is 19.9. The Morgan fingerprint density at radius 2 is 2.32 bits per heavy atom. The van der Waals surface area contributed by atoms with E-state index in [1.807, 2.05) is 6.92 Å². The number of nitrogens with zero attached hydrogens (tertiary/aromatic N) is 1. The first kappa shape index (κ1) is 14.6. The second-order valence-corrected chi connectivity index (χ2v) is 5.34. The Hall–Kier alpha value is -0.840. The fourth-order valence-corrected chi connectivity index (χ4v) is 2.69. The molecule has 1 aliphatic heterocycles. The average Bonchev–Trinajstić information content (AvgIpc) is 2.83. The third kappa shape index (κ3) is 3.59. The number of rotatable bonds is 5. The largest absolute Gasteiger partial charge is 0.492 e. The van der Waals surface area contributed by atoms with E-state index >= 15 is 0 Å². The highest BCUT2D eigenvalue weighted by molar-refractivity contribution is 6.32. The molecule has 0 radical (unpaired) electrons. The predicted molar refractivity (Wildman–Crippen MR) is 75.0 cm³/mol. The molecule has 2 rings (SSSR count). The van der Waals surface area contributed by atoms with E-state index in [0.29, 0.717) is 41.9 Å². The lowest BCUT2D eigenvalue weighted by Crippen LogP contribution is -2.23. The Balaban J connectivity index is 2.06. The first-order valence-electron chi connectivity index (χ1n) is 6.67. The molecule has 5 heteroatoms. The van der Waals surface area contributed by atoms with Crippen LogP contribution in [0.5, 0.6) is 5.75 Å². The van der Waals surface area contributed by atoms with Crippen LogP contribution in [0.2, 0.25) is 5.02 Å². The Bertz CT molecular complexity index is 442. The van der Waals surface area contributed by atoms with E-state index in [0.717, 1.165) is 19.5 Å². The van der Waals surface area contributed by atoms with Crippen LogP contribution in [0.3, 0.4) is 0 Å². The zero-order valence-corrected chi connectivity index (χ0v) is 11.9. The van der Waals surface area contributed by atoms with Crippen LogP contribution in [0.15, 0.2) is 12.1 Å². The monoisotopic (exact) mass is 286 g/mol. The molecule has 0 amide bonds. The molecule has 2 N–H and O–H groups in total. The van der Waals surface area contributed by atoms with Gasteiger partial charge in [-0.05, 0) is 38.4 Å². The van der Waals surface area contributed by atoms with Gasteiger partial charge in [0.2, 0.25) is 0 Å². The molecule has 1 aromatic carbocycles. The summed E-state index contributed by atoms with van der Waals surface area (Å²) in [5, 5.41) is 0.466. The van der Waals surface area contributed by atoms with Crippen LogP contribution in [0, 0.1) is 11.7 Å². The smallest absolute Gasteiger partial charge is 0.140 e. The van der Waals surface area contributed by atoms with Crippen molar-refractivity contribution in [1.82, 2.24) is 4.90 Å². The van der Waals surface area contributed by atoms with Crippen molar-refractivity contribution in [3.8, 4) is 5.75 Å². The van der Waals surface area contributed by atoms with Gasteiger partial charge in [0.05, 0.1) is 11.6 Å². The Kier molecular flexibility index (Phi) is 5.02. The summed E-state index contributed by atoms with van der Waals surface area (Å²) in [6, 6.07) is 3.04. The van der Waals surface area contributed by atoms with Gasteiger partial charge in [0.15, 0.2) is 0 Å². The molecule has 106 valence electrons. The SMILES string of the molecule is CCOc1cc(F)c(CN2CC[C@@H](CN)C2)cc1Cl. The molecule has 0 spiro atoms. The van der Waals surface area contributed by atoms with Gasteiger partial charge < -0.3 is 10.5 Å². The lowest BCUT2D eigenvalue weighted by atomic mass is 10.1. The topological polar surface area (TPSA) is 38.5 Å². The van der Waals surface area contributed by atoms with Gasteiger partial charge in [-0.1, -0.05) is 11.6 Å². The molecule has 1 fully saturated rings. The lowest BCUT2D eigenvalue weighted by molar-refractivity contribution is 0.310. The molecule has 1 aliphatic rings. The van der Waals surface area contributed by atoms with E-state index in [1.54, 1.807) is 6.07 Å². The van der Waals surface area contributed by atoms with Crippen molar-refractivity contribution in [1.29, 1.82) is 0 Å². The predicted octanol–water partition coefficient (Wildman–Crippen LogP) is 2.66. The van der Waals surface area contributed by atoms with E-state index in [4.69, 9.17) is 22.1 Å². The number of halogens is 2. The number of hydrogen-bond acceptors (Lipinski definition) is 3. The van der Waals surface area contributed by atoms with Crippen LogP contribution in [-0.2, 0) is 6.54 Å². The van der Waals surface area contributed by atoms with Crippen LogP contribution >= 0.6 is 11.6 Å². The highest BCUT2D eigenvalue weighted by Gasteiger charge is 2.22. The summed E-state index contributed by atoms with van der Waals surface area (Å²) in [5.74, 6) is 0.678. The molecule has 1 aromatic rings. The number of hydrogen-bond donors (Lipinski definition) is 1. The van der Waals surface area contributed by atoms with Gasteiger partial charge in [-0.15, -0.1) is 0 Å². The zero-order chi connectivity index (χ0) is 13.8. The second kappa shape index (κ2) is 6.55. The van der Waals surface area contributed by atoms with Crippen molar-refractivity contribution in [3.63, 3.8) is 0 Å². The fraction of sp³-hybridized carbons (Fsp3) is 0.571. The number of nitrogens with two attached hydrogens (primary N) is 1. The van der Waals surface area contributed by atoms with Gasteiger partial charge in [-0.25, -0.2) is 4.39 Å². The van der Waals surface area contributed by atoms with E-state index in [1.165, 1.54) is 6.07 Å². The van der Waals surface area contributed by atoms with Crippen molar-refractivity contribution >= 4 is 11.6 Å². The molecule has 3 nitrogen and oxygen atoms in total. The van der Waals surface area contributed by atoms with Crippen LogP contribution in [-0.4, -0.2) is 31.1 Å². The third-order valence-corrected chi connectivity index (χ3v) is 3.79. The Labute approximate surface area is 118 Å². The minimum atomic E-state index is -0.260. The second-order valence-electron chi connectivity index (χ2n) is 4.93. The van der Waals surface area contributed by atoms with Crippen molar-refractivity contribution < 1.29 is 9.13 Å². The fourth-order valence-electron chi connectivity index (χ4n) is 2.45. The van der Waals surface area contributed by atoms with Crippen LogP contribution in [0.4, 0.5) is 4.39 Å². The number of likely N-dealkylation sites (tertiary alicyclic amines) is 1. The Morgan fingerprint density at radius 3 is 2.95 bits per heavy atom. The average molecular weight is 287 g/mol. The van der Waals surface area contributed by atoms with Crippen molar-refractivity contribution in [2.45, 2.75) is 19.9 Å². The summed E-state index contributed by atoms with van der Waals surface area (Å²) in [4.78, 5) is 2.21. The number of benzene rings is 1. The van der Waals surface area contributed by atoms with E-state index < -0.39 is 0 Å². The van der Waals surface area contributed by atoms with Crippen LogP contribution in [0.25, 0.3) is 0 Å². The molecule has 0 bridgehead atoms. The Morgan fingerprint density at radius 1 is 1.53 bits per heavy atom. The van der Waals surface area contributed by atoms with E-state index in [2.05, 4.69) is 4.90 Å². The maximum Gasteiger partial charge on any atom is 0.140 e. The maximum atomic E-state index is 14.0. The highest BCUT2D eigenvalue weighted by Crippen LogP contribution is 2.29. The van der Waals surface area contributed by atoms with E-state index in [9.17, 15) is 4.39 Å². The van der Waals surface area contributed by atoms with Crippen LogP contribution in [0.1, 0.15) is 18.9 Å². The van der Waals surface area contributed by atoms with Gasteiger partial charge in [0, 0.05) is 24.7 Å². The maximum absolute atomic E-state index is 14.0. The zero-order valence-electron chi connectivity index (χ0n) is 11.2. The molecule has 1 heterocycles.